The summed E-state index contributed by atoms with van der Waals surface area (Å²) in [6.07, 6.45) is 0.373. The minimum atomic E-state index is 0.373. The summed E-state index contributed by atoms with van der Waals surface area (Å²) < 4.78 is 5.01. The molecular formula is C6H10N2O. The maximum Gasteiger partial charge on any atom is 0.0867 e. The summed E-state index contributed by atoms with van der Waals surface area (Å²) >= 11 is 0. The van der Waals surface area contributed by atoms with Gasteiger partial charge in [-0.15, -0.1) is 0 Å². The summed E-state index contributed by atoms with van der Waals surface area (Å²) in [7, 11) is 1.70. The first-order valence-corrected chi connectivity index (χ1v) is 2.99. The van der Waals surface area contributed by atoms with Gasteiger partial charge in [-0.05, 0) is 0 Å². The smallest absolute Gasteiger partial charge is 0.0867 e. The number of ether oxygens (including phenoxy) is 1. The van der Waals surface area contributed by atoms with Crippen molar-refractivity contribution in [2.75, 3.05) is 26.7 Å². The first-order valence-electron chi connectivity index (χ1n) is 2.99. The number of methoxy groups -OCH3 is 1. The maximum atomic E-state index is 8.23. The van der Waals surface area contributed by atoms with E-state index in [0.717, 1.165) is 13.1 Å². The van der Waals surface area contributed by atoms with Crippen molar-refractivity contribution in [1.29, 1.82) is 5.26 Å². The van der Waals surface area contributed by atoms with Gasteiger partial charge in [0.25, 0.3) is 0 Å². The fourth-order valence-electron chi connectivity index (χ4n) is 0.901. The fraction of sp³-hybridized carbons (Fsp3) is 0.833. The molecule has 0 saturated carbocycles. The molecule has 9 heavy (non-hydrogen) atoms. The van der Waals surface area contributed by atoms with Gasteiger partial charge >= 0.3 is 0 Å². The molecule has 0 unspecified atom stereocenters. The lowest BCUT2D eigenvalue weighted by molar-refractivity contribution is -0.0224. The molecule has 0 aromatic rings. The van der Waals surface area contributed by atoms with Crippen molar-refractivity contribution in [3.05, 3.63) is 0 Å². The van der Waals surface area contributed by atoms with Crippen molar-refractivity contribution in [2.24, 2.45) is 0 Å². The van der Waals surface area contributed by atoms with Crippen molar-refractivity contribution >= 4 is 0 Å². The first-order chi connectivity index (χ1) is 4.36. The number of hydrogen-bond acceptors (Lipinski definition) is 3. The average Bonchev–Trinajstić information content (AvgIpc) is 1.77. The molecule has 0 radical (unpaired) electrons. The quantitative estimate of drug-likeness (QED) is 0.482. The Hall–Kier alpha value is -0.590. The van der Waals surface area contributed by atoms with Crippen molar-refractivity contribution in [1.82, 2.24) is 4.90 Å². The van der Waals surface area contributed by atoms with E-state index in [1.54, 1.807) is 7.11 Å². The van der Waals surface area contributed by atoms with Crippen molar-refractivity contribution in [3.63, 3.8) is 0 Å². The van der Waals surface area contributed by atoms with Crippen LogP contribution in [0.1, 0.15) is 0 Å². The third kappa shape index (κ3) is 1.41. The lowest BCUT2D eigenvalue weighted by Gasteiger charge is -2.36. The lowest BCUT2D eigenvalue weighted by atomic mass is 10.2. The molecule has 0 aliphatic carbocycles. The molecule has 1 aliphatic rings. The molecule has 1 aliphatic heterocycles. The summed E-state index contributed by atoms with van der Waals surface area (Å²) in [5.41, 5.74) is 0. The standard InChI is InChI=1S/C6H10N2O/c1-9-6-4-8(5-6)3-2-7/h6H,3-5H2,1H3. The summed E-state index contributed by atoms with van der Waals surface area (Å²) in [4.78, 5) is 2.05. The molecule has 0 bridgehead atoms. The Labute approximate surface area is 54.8 Å². The number of likely N-dealkylation sites (tertiary alicyclic amines) is 1. The van der Waals surface area contributed by atoms with E-state index < -0.39 is 0 Å². The van der Waals surface area contributed by atoms with E-state index in [2.05, 4.69) is 6.07 Å². The van der Waals surface area contributed by atoms with E-state index >= 15 is 0 Å². The second-order valence-electron chi connectivity index (χ2n) is 2.21. The van der Waals surface area contributed by atoms with Gasteiger partial charge in [-0.25, -0.2) is 0 Å². The third-order valence-electron chi connectivity index (χ3n) is 1.55. The van der Waals surface area contributed by atoms with Crippen LogP contribution in [0.25, 0.3) is 0 Å². The molecule has 0 spiro atoms. The first kappa shape index (κ1) is 6.53. The van der Waals surface area contributed by atoms with Gasteiger partial charge in [0.05, 0.1) is 18.7 Å². The van der Waals surface area contributed by atoms with Crippen LogP contribution in [0, 0.1) is 11.3 Å². The zero-order valence-electron chi connectivity index (χ0n) is 5.50. The Morgan fingerprint density at radius 2 is 2.44 bits per heavy atom. The number of nitrogens with zero attached hydrogens (tertiary/aromatic N) is 2. The summed E-state index contributed by atoms with van der Waals surface area (Å²) in [6, 6.07) is 2.08. The van der Waals surface area contributed by atoms with E-state index in [4.69, 9.17) is 10.00 Å². The average molecular weight is 126 g/mol. The Morgan fingerprint density at radius 1 is 1.78 bits per heavy atom. The van der Waals surface area contributed by atoms with E-state index in [-0.39, 0.29) is 0 Å². The Balaban J connectivity index is 2.06. The Kier molecular flexibility index (Phi) is 2.04. The van der Waals surface area contributed by atoms with Crippen LogP contribution in [0.5, 0.6) is 0 Å². The molecule has 3 heteroatoms. The third-order valence-corrected chi connectivity index (χ3v) is 1.55. The molecule has 0 amide bonds. The molecule has 50 valence electrons. The fourth-order valence-corrected chi connectivity index (χ4v) is 0.901. The highest BCUT2D eigenvalue weighted by atomic mass is 16.5. The molecule has 1 saturated heterocycles. The molecular weight excluding hydrogens is 116 g/mol. The summed E-state index contributed by atoms with van der Waals surface area (Å²) in [6.45, 7) is 2.38. The van der Waals surface area contributed by atoms with Gasteiger partial charge in [-0.1, -0.05) is 0 Å². The van der Waals surface area contributed by atoms with Crippen LogP contribution >= 0.6 is 0 Å². The zero-order valence-corrected chi connectivity index (χ0v) is 5.50. The monoisotopic (exact) mass is 126 g/mol. The molecule has 0 N–H and O–H groups in total. The second kappa shape index (κ2) is 2.81. The van der Waals surface area contributed by atoms with E-state index in [1.165, 1.54) is 0 Å². The van der Waals surface area contributed by atoms with Gasteiger partial charge in [0, 0.05) is 20.2 Å². The van der Waals surface area contributed by atoms with Crippen LogP contribution in [-0.4, -0.2) is 37.7 Å². The normalized spacial score (nSPS) is 20.9. The molecule has 1 fully saturated rings. The van der Waals surface area contributed by atoms with Gasteiger partial charge in [0.2, 0.25) is 0 Å². The maximum absolute atomic E-state index is 8.23. The van der Waals surface area contributed by atoms with Crippen molar-refractivity contribution < 1.29 is 4.74 Å². The van der Waals surface area contributed by atoms with Gasteiger partial charge in [-0.3, -0.25) is 4.90 Å². The zero-order chi connectivity index (χ0) is 6.69. The molecule has 0 aromatic heterocycles. The van der Waals surface area contributed by atoms with E-state index in [0.29, 0.717) is 12.6 Å². The van der Waals surface area contributed by atoms with Crippen molar-refractivity contribution in [2.45, 2.75) is 6.10 Å². The molecule has 1 rings (SSSR count). The van der Waals surface area contributed by atoms with Crippen LogP contribution in [0.4, 0.5) is 0 Å². The lowest BCUT2D eigenvalue weighted by Crippen LogP contribution is -2.51. The number of hydrogen-bond donors (Lipinski definition) is 0. The molecule has 1 heterocycles. The van der Waals surface area contributed by atoms with E-state index in [1.807, 2.05) is 4.90 Å². The summed E-state index contributed by atoms with van der Waals surface area (Å²) in [5.74, 6) is 0. The van der Waals surface area contributed by atoms with Crippen LogP contribution in [0.3, 0.4) is 0 Å². The van der Waals surface area contributed by atoms with Crippen LogP contribution in [0.2, 0.25) is 0 Å². The molecule has 0 atom stereocenters. The van der Waals surface area contributed by atoms with E-state index in [9.17, 15) is 0 Å². The minimum absolute atomic E-state index is 0.373. The van der Waals surface area contributed by atoms with Gasteiger partial charge in [0.15, 0.2) is 0 Å². The minimum Gasteiger partial charge on any atom is -0.379 e. The number of nitriles is 1. The Bertz CT molecular complexity index is 124. The highest BCUT2D eigenvalue weighted by Gasteiger charge is 2.25. The largest absolute Gasteiger partial charge is 0.379 e. The van der Waals surface area contributed by atoms with Crippen molar-refractivity contribution in [3.8, 4) is 6.07 Å². The topological polar surface area (TPSA) is 36.3 Å². The van der Waals surface area contributed by atoms with Gasteiger partial charge in [0.1, 0.15) is 0 Å². The van der Waals surface area contributed by atoms with Crippen LogP contribution in [-0.2, 0) is 4.74 Å². The highest BCUT2D eigenvalue weighted by Crippen LogP contribution is 2.08. The van der Waals surface area contributed by atoms with Crippen LogP contribution in [0.15, 0.2) is 0 Å². The highest BCUT2D eigenvalue weighted by molar-refractivity contribution is 4.87. The second-order valence-corrected chi connectivity index (χ2v) is 2.21. The SMILES string of the molecule is COC1CN(CC#N)C1. The summed E-state index contributed by atoms with van der Waals surface area (Å²) in [5, 5.41) is 8.23. The van der Waals surface area contributed by atoms with Crippen LogP contribution < -0.4 is 0 Å². The molecule has 0 aromatic carbocycles. The number of rotatable bonds is 2. The Morgan fingerprint density at radius 3 is 2.89 bits per heavy atom. The predicted octanol–water partition coefficient (Wildman–Crippen LogP) is -0.159. The van der Waals surface area contributed by atoms with Gasteiger partial charge in [-0.2, -0.15) is 5.26 Å². The predicted molar refractivity (Wildman–Crippen MR) is 32.8 cm³/mol. The van der Waals surface area contributed by atoms with Gasteiger partial charge < -0.3 is 4.74 Å². The molecule has 3 nitrogen and oxygen atoms in total.